The number of methoxy groups -OCH3 is 2. The Bertz CT molecular complexity index is 946. The van der Waals surface area contributed by atoms with Crippen LogP contribution in [0.4, 0.5) is 5.69 Å². The van der Waals surface area contributed by atoms with Gasteiger partial charge in [0.15, 0.2) is 16.3 Å². The number of ether oxygens (including phenoxy) is 2. The molecule has 130 valence electrons. The number of rotatable bonds is 6. The second-order valence-corrected chi connectivity index (χ2v) is 5.87. The Kier molecular flexibility index (Phi) is 4.89. The number of hydrogen-bond acceptors (Lipinski definition) is 7. The number of aromatic amines is 2. The lowest BCUT2D eigenvalue weighted by atomic mass is 10.2. The second-order valence-electron chi connectivity index (χ2n) is 4.91. The molecule has 0 aliphatic carbocycles. The third-order valence-corrected chi connectivity index (χ3v) is 4.12. The summed E-state index contributed by atoms with van der Waals surface area (Å²) in [6.07, 6.45) is 1.39. The number of H-pyrrole nitrogens is 2. The number of nitrogens with zero attached hydrogens (tertiary/aromatic N) is 2. The fourth-order valence-corrected chi connectivity index (χ4v) is 2.76. The van der Waals surface area contributed by atoms with Crippen LogP contribution >= 0.6 is 11.8 Å². The molecule has 0 radical (unpaired) electrons. The highest BCUT2D eigenvalue weighted by molar-refractivity contribution is 7.99. The van der Waals surface area contributed by atoms with Gasteiger partial charge in [-0.25, -0.2) is 9.97 Å². The normalized spacial score (nSPS) is 10.6. The molecule has 0 saturated heterocycles. The zero-order valence-electron chi connectivity index (χ0n) is 13.5. The molecule has 0 unspecified atom stereocenters. The Balaban J connectivity index is 1.67. The van der Waals surface area contributed by atoms with Gasteiger partial charge < -0.3 is 19.8 Å². The smallest absolute Gasteiger partial charge is 0.277 e. The van der Waals surface area contributed by atoms with E-state index in [9.17, 15) is 9.59 Å². The summed E-state index contributed by atoms with van der Waals surface area (Å²) < 4.78 is 10.3. The standard InChI is InChI=1S/C15H15N5O4S/c1-23-9-3-8(4-10(5-9)24-2)18-11(21)6-25-15-19-13-12(14(22)20-15)16-7-17-13/h3-5,7H,6H2,1-2H3,(H,18,21)(H2,16,17,19,20,22). The molecule has 2 heterocycles. The average Bonchev–Trinajstić information content (AvgIpc) is 3.08. The van der Waals surface area contributed by atoms with Crippen molar-refractivity contribution in [3.8, 4) is 11.5 Å². The van der Waals surface area contributed by atoms with Gasteiger partial charge in [0.1, 0.15) is 11.5 Å². The number of hydrogen-bond donors (Lipinski definition) is 3. The zero-order valence-corrected chi connectivity index (χ0v) is 14.3. The molecular weight excluding hydrogens is 346 g/mol. The van der Waals surface area contributed by atoms with E-state index in [0.29, 0.717) is 33.5 Å². The van der Waals surface area contributed by atoms with Gasteiger partial charge in [-0.05, 0) is 0 Å². The molecule has 2 aromatic heterocycles. The first-order valence-electron chi connectivity index (χ1n) is 7.18. The summed E-state index contributed by atoms with van der Waals surface area (Å²) in [5.74, 6) is 0.943. The number of amides is 1. The SMILES string of the molecule is COc1cc(NC(=O)CSc2nc3nc[nH]c3c(=O)[nH]2)cc(OC)c1. The molecule has 1 aromatic carbocycles. The summed E-state index contributed by atoms with van der Waals surface area (Å²) in [6, 6.07) is 5.07. The molecule has 0 atom stereocenters. The maximum Gasteiger partial charge on any atom is 0.277 e. The van der Waals surface area contributed by atoms with Crippen molar-refractivity contribution in [2.45, 2.75) is 5.16 Å². The molecule has 0 aliphatic rings. The summed E-state index contributed by atoms with van der Waals surface area (Å²) in [6.45, 7) is 0. The van der Waals surface area contributed by atoms with Crippen molar-refractivity contribution in [2.75, 3.05) is 25.3 Å². The molecule has 25 heavy (non-hydrogen) atoms. The van der Waals surface area contributed by atoms with Crippen LogP contribution in [0.3, 0.4) is 0 Å². The molecule has 3 N–H and O–H groups in total. The largest absolute Gasteiger partial charge is 0.497 e. The molecule has 3 aromatic rings. The van der Waals surface area contributed by atoms with Gasteiger partial charge in [-0.2, -0.15) is 0 Å². The van der Waals surface area contributed by atoms with Crippen molar-refractivity contribution in [3.05, 3.63) is 34.9 Å². The van der Waals surface area contributed by atoms with Gasteiger partial charge >= 0.3 is 0 Å². The summed E-state index contributed by atoms with van der Waals surface area (Å²) in [5.41, 5.74) is 0.829. The van der Waals surface area contributed by atoms with E-state index in [-0.39, 0.29) is 17.2 Å². The van der Waals surface area contributed by atoms with Crippen molar-refractivity contribution in [3.63, 3.8) is 0 Å². The minimum Gasteiger partial charge on any atom is -0.497 e. The Morgan fingerprint density at radius 3 is 2.64 bits per heavy atom. The van der Waals surface area contributed by atoms with E-state index in [2.05, 4.69) is 25.3 Å². The van der Waals surface area contributed by atoms with Crippen molar-refractivity contribution in [2.24, 2.45) is 0 Å². The number of imidazole rings is 1. The van der Waals surface area contributed by atoms with Gasteiger partial charge in [-0.3, -0.25) is 14.6 Å². The van der Waals surface area contributed by atoms with Crippen molar-refractivity contribution < 1.29 is 14.3 Å². The monoisotopic (exact) mass is 361 g/mol. The predicted molar refractivity (Wildman–Crippen MR) is 93.4 cm³/mol. The van der Waals surface area contributed by atoms with Gasteiger partial charge in [0.05, 0.1) is 26.3 Å². The van der Waals surface area contributed by atoms with Crippen LogP contribution in [-0.2, 0) is 4.79 Å². The van der Waals surface area contributed by atoms with Crippen LogP contribution in [0, 0.1) is 0 Å². The molecule has 9 nitrogen and oxygen atoms in total. The molecule has 10 heteroatoms. The maximum atomic E-state index is 12.1. The van der Waals surface area contributed by atoms with E-state index < -0.39 is 0 Å². The second kappa shape index (κ2) is 7.26. The van der Waals surface area contributed by atoms with Crippen LogP contribution in [0.5, 0.6) is 11.5 Å². The maximum absolute atomic E-state index is 12.1. The predicted octanol–water partition coefficient (Wildman–Crippen LogP) is 1.39. The average molecular weight is 361 g/mol. The highest BCUT2D eigenvalue weighted by Gasteiger charge is 2.10. The van der Waals surface area contributed by atoms with Gasteiger partial charge in [0.2, 0.25) is 5.91 Å². The number of carbonyl (C=O) groups excluding carboxylic acids is 1. The first kappa shape index (κ1) is 16.8. The number of thioether (sulfide) groups is 1. The van der Waals surface area contributed by atoms with E-state index in [1.165, 1.54) is 20.5 Å². The highest BCUT2D eigenvalue weighted by Crippen LogP contribution is 2.26. The third-order valence-electron chi connectivity index (χ3n) is 3.25. The van der Waals surface area contributed by atoms with Gasteiger partial charge in [-0.15, -0.1) is 0 Å². The summed E-state index contributed by atoms with van der Waals surface area (Å²) >= 11 is 1.10. The fraction of sp³-hybridized carbons (Fsp3) is 0.200. The van der Waals surface area contributed by atoms with E-state index in [0.717, 1.165) is 11.8 Å². The Hall–Kier alpha value is -3.01. The van der Waals surface area contributed by atoms with Crippen LogP contribution in [0.25, 0.3) is 11.2 Å². The van der Waals surface area contributed by atoms with Crippen LogP contribution < -0.4 is 20.3 Å². The molecule has 0 fully saturated rings. The Labute approximate surface area is 146 Å². The fourth-order valence-electron chi connectivity index (χ4n) is 2.10. The first-order valence-corrected chi connectivity index (χ1v) is 8.16. The van der Waals surface area contributed by atoms with Gasteiger partial charge in [0.25, 0.3) is 5.56 Å². The lowest BCUT2D eigenvalue weighted by Crippen LogP contribution is -2.15. The topological polar surface area (TPSA) is 122 Å². The third kappa shape index (κ3) is 3.91. The number of carbonyl (C=O) groups is 1. The summed E-state index contributed by atoms with van der Waals surface area (Å²) in [5, 5.41) is 3.07. The highest BCUT2D eigenvalue weighted by atomic mass is 32.2. The minimum absolute atomic E-state index is 0.0679. The molecule has 0 saturated carbocycles. The Morgan fingerprint density at radius 1 is 1.24 bits per heavy atom. The summed E-state index contributed by atoms with van der Waals surface area (Å²) in [4.78, 5) is 37.4. The molecule has 0 spiro atoms. The lowest BCUT2D eigenvalue weighted by Gasteiger charge is -2.09. The van der Waals surface area contributed by atoms with Crippen molar-refractivity contribution in [1.82, 2.24) is 19.9 Å². The molecule has 1 amide bonds. The van der Waals surface area contributed by atoms with E-state index in [1.54, 1.807) is 18.2 Å². The molecule has 3 rings (SSSR count). The minimum atomic E-state index is -0.331. The van der Waals surface area contributed by atoms with Crippen molar-refractivity contribution in [1.29, 1.82) is 0 Å². The Morgan fingerprint density at radius 2 is 1.96 bits per heavy atom. The number of nitrogens with one attached hydrogen (secondary N) is 3. The summed E-state index contributed by atoms with van der Waals surface area (Å²) in [7, 11) is 3.06. The quantitative estimate of drug-likeness (QED) is 0.448. The van der Waals surface area contributed by atoms with E-state index in [1.807, 2.05) is 0 Å². The van der Waals surface area contributed by atoms with E-state index >= 15 is 0 Å². The number of benzene rings is 1. The lowest BCUT2D eigenvalue weighted by molar-refractivity contribution is -0.113. The van der Waals surface area contributed by atoms with Crippen LogP contribution in [0.2, 0.25) is 0 Å². The number of anilines is 1. The zero-order chi connectivity index (χ0) is 17.8. The van der Waals surface area contributed by atoms with Crippen LogP contribution in [-0.4, -0.2) is 45.8 Å². The first-order chi connectivity index (χ1) is 12.1. The van der Waals surface area contributed by atoms with Gasteiger partial charge in [0, 0.05) is 23.9 Å². The molecular formula is C15H15N5O4S. The van der Waals surface area contributed by atoms with E-state index in [4.69, 9.17) is 9.47 Å². The molecule has 0 aliphatic heterocycles. The number of fused-ring (bicyclic) bond motifs is 1. The molecule has 0 bridgehead atoms. The van der Waals surface area contributed by atoms with Crippen LogP contribution in [0.1, 0.15) is 0 Å². The van der Waals surface area contributed by atoms with Crippen LogP contribution in [0.15, 0.2) is 34.5 Å². The number of aromatic nitrogens is 4. The van der Waals surface area contributed by atoms with Crippen molar-refractivity contribution >= 4 is 34.5 Å². The van der Waals surface area contributed by atoms with Gasteiger partial charge in [-0.1, -0.05) is 11.8 Å².